The van der Waals surface area contributed by atoms with E-state index >= 15 is 0 Å². The second-order valence-corrected chi connectivity index (χ2v) is 3.40. The minimum Gasteiger partial charge on any atom is -0.483 e. The van der Waals surface area contributed by atoms with E-state index in [1.54, 1.807) is 18.2 Å². The van der Waals surface area contributed by atoms with Crippen molar-refractivity contribution in [3.05, 3.63) is 23.2 Å². The number of benzene rings is 1. The molecule has 4 heteroatoms. The molecule has 1 aliphatic heterocycles. The van der Waals surface area contributed by atoms with E-state index in [4.69, 9.17) is 26.8 Å². The number of hydrogen-bond acceptors (Lipinski definition) is 3. The third-order valence-corrected chi connectivity index (χ3v) is 2.11. The standard InChI is InChI=1S/C9H10ClNO2/c10-6-1-2-9(8(11)3-6)13-7-4-12-5-7/h1-3,7H,4-5,11H2. The van der Waals surface area contributed by atoms with E-state index in [9.17, 15) is 0 Å². The maximum atomic E-state index is 5.74. The van der Waals surface area contributed by atoms with E-state index in [1.807, 2.05) is 0 Å². The molecule has 2 N–H and O–H groups in total. The highest BCUT2D eigenvalue weighted by atomic mass is 35.5. The molecule has 1 aromatic carbocycles. The number of rotatable bonds is 2. The zero-order chi connectivity index (χ0) is 9.26. The maximum absolute atomic E-state index is 5.74. The van der Waals surface area contributed by atoms with Crippen LogP contribution in [0.5, 0.6) is 5.75 Å². The second kappa shape index (κ2) is 3.44. The van der Waals surface area contributed by atoms with Crippen molar-refractivity contribution in [1.82, 2.24) is 0 Å². The Hall–Kier alpha value is -0.930. The Morgan fingerprint density at radius 1 is 1.46 bits per heavy atom. The van der Waals surface area contributed by atoms with Gasteiger partial charge in [0, 0.05) is 5.02 Å². The summed E-state index contributed by atoms with van der Waals surface area (Å²) in [4.78, 5) is 0. The first kappa shape index (κ1) is 8.66. The normalized spacial score (nSPS) is 16.7. The second-order valence-electron chi connectivity index (χ2n) is 2.96. The highest BCUT2D eigenvalue weighted by molar-refractivity contribution is 6.30. The topological polar surface area (TPSA) is 44.5 Å². The van der Waals surface area contributed by atoms with Crippen LogP contribution in [-0.2, 0) is 4.74 Å². The van der Waals surface area contributed by atoms with Gasteiger partial charge in [-0.3, -0.25) is 0 Å². The van der Waals surface area contributed by atoms with Crippen LogP contribution in [0.15, 0.2) is 18.2 Å². The smallest absolute Gasteiger partial charge is 0.145 e. The van der Waals surface area contributed by atoms with Gasteiger partial charge in [-0.2, -0.15) is 0 Å². The molecule has 0 amide bonds. The van der Waals surface area contributed by atoms with Gasteiger partial charge in [0.1, 0.15) is 11.9 Å². The minimum absolute atomic E-state index is 0.142. The molecule has 1 aromatic rings. The summed E-state index contributed by atoms with van der Waals surface area (Å²) in [6.07, 6.45) is 0.142. The van der Waals surface area contributed by atoms with E-state index in [1.165, 1.54) is 0 Å². The van der Waals surface area contributed by atoms with Crippen molar-refractivity contribution in [1.29, 1.82) is 0 Å². The van der Waals surface area contributed by atoms with Crippen LogP contribution in [0.4, 0.5) is 5.69 Å². The molecule has 1 fully saturated rings. The van der Waals surface area contributed by atoms with Gasteiger partial charge in [0.05, 0.1) is 18.9 Å². The molecule has 1 heterocycles. The molecule has 0 unspecified atom stereocenters. The molecule has 0 radical (unpaired) electrons. The van der Waals surface area contributed by atoms with Gasteiger partial charge in [-0.25, -0.2) is 0 Å². The number of nitrogens with two attached hydrogens (primary N) is 1. The first-order valence-electron chi connectivity index (χ1n) is 4.05. The lowest BCUT2D eigenvalue weighted by atomic mass is 10.2. The van der Waals surface area contributed by atoms with Crippen LogP contribution >= 0.6 is 11.6 Å². The van der Waals surface area contributed by atoms with Crippen LogP contribution in [0.25, 0.3) is 0 Å². The van der Waals surface area contributed by atoms with Crippen molar-refractivity contribution < 1.29 is 9.47 Å². The molecule has 2 rings (SSSR count). The fraction of sp³-hybridized carbons (Fsp3) is 0.333. The molecule has 0 aromatic heterocycles. The Balaban J connectivity index is 2.10. The molecule has 1 saturated heterocycles. The quantitative estimate of drug-likeness (QED) is 0.738. The van der Waals surface area contributed by atoms with Crippen LogP contribution in [0.3, 0.4) is 0 Å². The minimum atomic E-state index is 0.142. The van der Waals surface area contributed by atoms with Gasteiger partial charge in [-0.05, 0) is 18.2 Å². The van der Waals surface area contributed by atoms with E-state index in [2.05, 4.69) is 0 Å². The summed E-state index contributed by atoms with van der Waals surface area (Å²) in [6, 6.07) is 5.21. The summed E-state index contributed by atoms with van der Waals surface area (Å²) < 4.78 is 10.5. The third-order valence-electron chi connectivity index (χ3n) is 1.87. The monoisotopic (exact) mass is 199 g/mol. The van der Waals surface area contributed by atoms with Crippen LogP contribution in [0, 0.1) is 0 Å². The van der Waals surface area contributed by atoms with Gasteiger partial charge >= 0.3 is 0 Å². The summed E-state index contributed by atoms with van der Waals surface area (Å²) in [7, 11) is 0. The number of nitrogen functional groups attached to an aromatic ring is 1. The highest BCUT2D eigenvalue weighted by Crippen LogP contribution is 2.26. The number of hydrogen-bond donors (Lipinski definition) is 1. The molecular weight excluding hydrogens is 190 g/mol. The van der Waals surface area contributed by atoms with Gasteiger partial charge < -0.3 is 15.2 Å². The summed E-state index contributed by atoms with van der Waals surface area (Å²) in [5.74, 6) is 0.678. The van der Waals surface area contributed by atoms with Crippen LogP contribution in [-0.4, -0.2) is 19.3 Å². The summed E-state index contributed by atoms with van der Waals surface area (Å²) >= 11 is 5.74. The lowest BCUT2D eigenvalue weighted by Gasteiger charge is -2.27. The van der Waals surface area contributed by atoms with E-state index in [0.29, 0.717) is 29.7 Å². The fourth-order valence-corrected chi connectivity index (χ4v) is 1.27. The molecular formula is C9H10ClNO2. The summed E-state index contributed by atoms with van der Waals surface area (Å²) in [6.45, 7) is 1.28. The Kier molecular flexibility index (Phi) is 2.29. The van der Waals surface area contributed by atoms with E-state index in [0.717, 1.165) is 0 Å². The Morgan fingerprint density at radius 3 is 2.77 bits per heavy atom. The molecule has 0 atom stereocenters. The summed E-state index contributed by atoms with van der Waals surface area (Å²) in [5.41, 5.74) is 6.27. The van der Waals surface area contributed by atoms with Crippen molar-refractivity contribution in [3.8, 4) is 5.75 Å². The molecule has 13 heavy (non-hydrogen) atoms. The van der Waals surface area contributed by atoms with Gasteiger partial charge in [-0.1, -0.05) is 11.6 Å². The predicted molar refractivity (Wildman–Crippen MR) is 51.1 cm³/mol. The molecule has 3 nitrogen and oxygen atoms in total. The highest BCUT2D eigenvalue weighted by Gasteiger charge is 2.20. The van der Waals surface area contributed by atoms with Gasteiger partial charge in [-0.15, -0.1) is 0 Å². The zero-order valence-corrected chi connectivity index (χ0v) is 7.75. The first-order valence-corrected chi connectivity index (χ1v) is 4.43. The van der Waals surface area contributed by atoms with Crippen LogP contribution < -0.4 is 10.5 Å². The molecule has 70 valence electrons. The van der Waals surface area contributed by atoms with Gasteiger partial charge in [0.15, 0.2) is 0 Å². The molecule has 0 spiro atoms. The summed E-state index contributed by atoms with van der Waals surface area (Å²) in [5, 5.41) is 0.620. The van der Waals surface area contributed by atoms with E-state index < -0.39 is 0 Å². The van der Waals surface area contributed by atoms with Crippen molar-refractivity contribution >= 4 is 17.3 Å². The number of halogens is 1. The predicted octanol–water partition coefficient (Wildman–Crippen LogP) is 1.70. The molecule has 0 saturated carbocycles. The maximum Gasteiger partial charge on any atom is 0.145 e. The lowest BCUT2D eigenvalue weighted by molar-refractivity contribution is -0.0793. The molecule has 0 aliphatic carbocycles. The molecule has 1 aliphatic rings. The Labute approximate surface area is 81.4 Å². The fourth-order valence-electron chi connectivity index (χ4n) is 1.09. The van der Waals surface area contributed by atoms with Crippen LogP contribution in [0.1, 0.15) is 0 Å². The van der Waals surface area contributed by atoms with E-state index in [-0.39, 0.29) is 6.10 Å². The van der Waals surface area contributed by atoms with Crippen molar-refractivity contribution in [3.63, 3.8) is 0 Å². The van der Waals surface area contributed by atoms with Crippen molar-refractivity contribution in [2.24, 2.45) is 0 Å². The van der Waals surface area contributed by atoms with Gasteiger partial charge in [0.2, 0.25) is 0 Å². The Morgan fingerprint density at radius 2 is 2.23 bits per heavy atom. The Bertz CT molecular complexity index is 312. The zero-order valence-electron chi connectivity index (χ0n) is 7.00. The average Bonchev–Trinajstić information content (AvgIpc) is 1.99. The average molecular weight is 200 g/mol. The largest absolute Gasteiger partial charge is 0.483 e. The lowest BCUT2D eigenvalue weighted by Crippen LogP contribution is -2.38. The van der Waals surface area contributed by atoms with Crippen LogP contribution in [0.2, 0.25) is 5.02 Å². The third kappa shape index (κ3) is 1.87. The van der Waals surface area contributed by atoms with Gasteiger partial charge in [0.25, 0.3) is 0 Å². The SMILES string of the molecule is Nc1cc(Cl)ccc1OC1COC1. The molecule has 0 bridgehead atoms. The van der Waals surface area contributed by atoms with Crippen molar-refractivity contribution in [2.45, 2.75) is 6.10 Å². The number of ether oxygens (including phenoxy) is 2. The first-order chi connectivity index (χ1) is 6.25. The van der Waals surface area contributed by atoms with Crippen molar-refractivity contribution in [2.75, 3.05) is 18.9 Å². The number of anilines is 1.